The number of carbonyl (C=O) groups excluding carboxylic acids is 2. The van der Waals surface area contributed by atoms with Crippen LogP contribution < -0.4 is 9.67 Å². The molecule has 10 heavy (non-hydrogen) atoms. The summed E-state index contributed by atoms with van der Waals surface area (Å²) < 4.78 is 0. The van der Waals surface area contributed by atoms with Gasteiger partial charge in [-0.25, -0.2) is 19.3 Å². The van der Waals surface area contributed by atoms with Crippen molar-refractivity contribution in [1.82, 2.24) is 9.67 Å². The Bertz CT molecular complexity index is 151. The molecule has 0 aliphatic rings. The van der Waals surface area contributed by atoms with E-state index in [2.05, 4.69) is 10.2 Å². The maximum atomic E-state index is 10.1. The quantitative estimate of drug-likeness (QED) is 0.438. The minimum absolute atomic E-state index is 0.943. The molecule has 0 fully saturated rings. The second kappa shape index (κ2) is 4.95. The largest absolute Gasteiger partial charge is 0.374 e. The summed E-state index contributed by atoms with van der Waals surface area (Å²) in [5.41, 5.74) is 0. The van der Waals surface area contributed by atoms with Gasteiger partial charge in [0.1, 0.15) is 0 Å². The smallest absolute Gasteiger partial charge is 0.247 e. The molecule has 0 bridgehead atoms. The molecule has 0 saturated carbocycles. The number of nitrogens with zero attached hydrogens (tertiary/aromatic N) is 2. The Hall–Kier alpha value is -0.880. The van der Waals surface area contributed by atoms with Gasteiger partial charge in [0, 0.05) is 23.6 Å². The third-order valence-electron chi connectivity index (χ3n) is 0.393. The minimum Gasteiger partial charge on any atom is -0.247 e. The molecule has 8 heteroatoms. The van der Waals surface area contributed by atoms with E-state index in [9.17, 15) is 9.59 Å². The Morgan fingerprint density at radius 3 is 1.50 bits per heavy atom. The third kappa shape index (κ3) is 4.04. The lowest BCUT2D eigenvalue weighted by atomic mass is 11.1. The number of halogens is 2. The van der Waals surface area contributed by atoms with Crippen molar-refractivity contribution in [3.8, 4) is 0 Å². The molecular weight excluding hydrogens is 183 g/mol. The average molecular weight is 185 g/mol. The van der Waals surface area contributed by atoms with Crippen LogP contribution in [-0.2, 0) is 0 Å². The molecule has 56 valence electrons. The van der Waals surface area contributed by atoms with Gasteiger partial charge in [-0.2, -0.15) is 0 Å². The highest BCUT2D eigenvalue weighted by molar-refractivity contribution is 6.22. The maximum absolute atomic E-state index is 10.1. The number of carbonyl (C=O) groups is 2. The molecule has 2 N–H and O–H groups in total. The molecular formula is C2H2Cl2N4O2. The first-order valence-electron chi connectivity index (χ1n) is 1.93. The number of rotatable bonds is 0. The van der Waals surface area contributed by atoms with Crippen LogP contribution in [0.1, 0.15) is 0 Å². The fraction of sp³-hybridized carbons (Fsp3) is 0. The summed E-state index contributed by atoms with van der Waals surface area (Å²) in [5.74, 6) is 0. The van der Waals surface area contributed by atoms with Crippen LogP contribution in [0.15, 0.2) is 10.2 Å². The van der Waals surface area contributed by atoms with Gasteiger partial charge in [0.05, 0.1) is 0 Å². The second-order valence-electron chi connectivity index (χ2n) is 0.999. The molecule has 0 heterocycles. The van der Waals surface area contributed by atoms with Gasteiger partial charge in [0.2, 0.25) is 0 Å². The number of urea groups is 2. The highest BCUT2D eigenvalue weighted by atomic mass is 35.5. The molecule has 0 rings (SSSR count). The summed E-state index contributed by atoms with van der Waals surface area (Å²) in [5, 5.41) is 5.52. The van der Waals surface area contributed by atoms with Crippen molar-refractivity contribution in [3.05, 3.63) is 0 Å². The summed E-state index contributed by atoms with van der Waals surface area (Å²) in [6.07, 6.45) is 0. The van der Waals surface area contributed by atoms with Gasteiger partial charge in [-0.3, -0.25) is 0 Å². The first-order valence-corrected chi connectivity index (χ1v) is 2.69. The fourth-order valence-corrected chi connectivity index (χ4v) is 0.204. The Balaban J connectivity index is 3.75. The van der Waals surface area contributed by atoms with Crippen LogP contribution >= 0.6 is 23.6 Å². The first kappa shape index (κ1) is 9.12. The molecule has 0 aliphatic heterocycles. The van der Waals surface area contributed by atoms with Crippen molar-refractivity contribution in [1.29, 1.82) is 0 Å². The molecule has 0 aliphatic carbocycles. The highest BCUT2D eigenvalue weighted by Gasteiger charge is 1.96. The van der Waals surface area contributed by atoms with Gasteiger partial charge < -0.3 is 0 Å². The standard InChI is InChI=1S/C2H2Cl2N4O2/c3-5-1(9)7-8-2(10)6-4/h(H,5,9)(H,6,10). The summed E-state index contributed by atoms with van der Waals surface area (Å²) in [6.45, 7) is 0. The van der Waals surface area contributed by atoms with E-state index in [0.717, 1.165) is 0 Å². The topological polar surface area (TPSA) is 82.9 Å². The average Bonchev–Trinajstić information content (AvgIpc) is 1.99. The van der Waals surface area contributed by atoms with Crippen LogP contribution in [0.25, 0.3) is 0 Å². The van der Waals surface area contributed by atoms with Gasteiger partial charge in [-0.05, 0) is 0 Å². The van der Waals surface area contributed by atoms with Crippen molar-refractivity contribution in [2.75, 3.05) is 0 Å². The predicted molar refractivity (Wildman–Crippen MR) is 33.6 cm³/mol. The van der Waals surface area contributed by atoms with Crippen LogP contribution in [0.5, 0.6) is 0 Å². The van der Waals surface area contributed by atoms with E-state index in [4.69, 9.17) is 23.6 Å². The van der Waals surface area contributed by atoms with E-state index in [1.54, 1.807) is 9.67 Å². The Morgan fingerprint density at radius 1 is 1.00 bits per heavy atom. The molecule has 0 aromatic rings. The number of nitrogens with one attached hydrogen (secondary N) is 2. The van der Waals surface area contributed by atoms with Crippen molar-refractivity contribution < 1.29 is 9.59 Å². The number of azo groups is 1. The zero-order chi connectivity index (χ0) is 7.98. The molecule has 0 radical (unpaired) electrons. The summed E-state index contributed by atoms with van der Waals surface area (Å²) >= 11 is 9.52. The molecule has 0 unspecified atom stereocenters. The molecule has 0 aromatic heterocycles. The zero-order valence-electron chi connectivity index (χ0n) is 4.47. The summed E-state index contributed by atoms with van der Waals surface area (Å²) in [4.78, 5) is 23.4. The number of hydrogen-bond donors (Lipinski definition) is 2. The van der Waals surface area contributed by atoms with Crippen molar-refractivity contribution in [3.63, 3.8) is 0 Å². The lowest BCUT2D eigenvalue weighted by Crippen LogP contribution is -2.09. The van der Waals surface area contributed by atoms with E-state index in [-0.39, 0.29) is 0 Å². The van der Waals surface area contributed by atoms with Gasteiger partial charge in [0.25, 0.3) is 0 Å². The van der Waals surface area contributed by atoms with Crippen LogP contribution in [0.4, 0.5) is 9.59 Å². The summed E-state index contributed by atoms with van der Waals surface area (Å²) in [7, 11) is 0. The van der Waals surface area contributed by atoms with E-state index in [1.165, 1.54) is 0 Å². The molecule has 0 aromatic carbocycles. The SMILES string of the molecule is O=C(N=NC(=O)NCl)NCl. The fourth-order valence-electron chi connectivity index (χ4n) is 0.129. The van der Waals surface area contributed by atoms with Crippen molar-refractivity contribution >= 4 is 35.6 Å². The van der Waals surface area contributed by atoms with Crippen molar-refractivity contribution in [2.24, 2.45) is 10.2 Å². The molecule has 6 nitrogen and oxygen atoms in total. The van der Waals surface area contributed by atoms with Crippen LogP contribution in [0.2, 0.25) is 0 Å². The first-order chi connectivity index (χ1) is 4.70. The van der Waals surface area contributed by atoms with E-state index in [0.29, 0.717) is 0 Å². The lowest BCUT2D eigenvalue weighted by Gasteiger charge is -1.84. The van der Waals surface area contributed by atoms with E-state index >= 15 is 0 Å². The normalized spacial score (nSPS) is 9.40. The van der Waals surface area contributed by atoms with Crippen molar-refractivity contribution in [2.45, 2.75) is 0 Å². The monoisotopic (exact) mass is 184 g/mol. The number of hydrogen-bond acceptors (Lipinski definition) is 2. The maximum Gasteiger partial charge on any atom is 0.374 e. The van der Waals surface area contributed by atoms with Gasteiger partial charge in [-0.1, -0.05) is 10.2 Å². The zero-order valence-corrected chi connectivity index (χ0v) is 5.98. The molecule has 4 amide bonds. The minimum atomic E-state index is -0.943. The van der Waals surface area contributed by atoms with E-state index in [1.807, 2.05) is 0 Å². The predicted octanol–water partition coefficient (Wildman–Crippen LogP) is 1.17. The second-order valence-corrected chi connectivity index (χ2v) is 1.38. The van der Waals surface area contributed by atoms with Gasteiger partial charge >= 0.3 is 12.1 Å². The highest BCUT2D eigenvalue weighted by Crippen LogP contribution is 1.81. The Labute approximate surface area is 65.8 Å². The van der Waals surface area contributed by atoms with Gasteiger partial charge in [0.15, 0.2) is 0 Å². The molecule has 0 spiro atoms. The van der Waals surface area contributed by atoms with Crippen LogP contribution in [-0.4, -0.2) is 12.1 Å². The Kier molecular flexibility index (Phi) is 4.51. The number of amides is 4. The van der Waals surface area contributed by atoms with Crippen LogP contribution in [0.3, 0.4) is 0 Å². The third-order valence-corrected chi connectivity index (χ3v) is 0.717. The molecule has 0 atom stereocenters. The lowest BCUT2D eigenvalue weighted by molar-refractivity contribution is 0.246. The Morgan fingerprint density at radius 2 is 1.30 bits per heavy atom. The van der Waals surface area contributed by atoms with Gasteiger partial charge in [-0.15, -0.1) is 0 Å². The van der Waals surface area contributed by atoms with Crippen LogP contribution in [0, 0.1) is 0 Å². The molecule has 0 saturated heterocycles. The van der Waals surface area contributed by atoms with E-state index < -0.39 is 12.1 Å². The summed E-state index contributed by atoms with van der Waals surface area (Å²) in [6, 6.07) is -1.89.